The first-order valence-corrected chi connectivity index (χ1v) is 6.70. The number of aliphatic imine (C=N–C) groups is 1. The van der Waals surface area contributed by atoms with Gasteiger partial charge in [-0.2, -0.15) is 0 Å². The Labute approximate surface area is 105 Å². The van der Waals surface area contributed by atoms with Crippen molar-refractivity contribution < 1.29 is 4.74 Å². The lowest BCUT2D eigenvalue weighted by atomic mass is 9.67. The number of hydrogen-bond acceptors (Lipinski definition) is 2. The van der Waals surface area contributed by atoms with Gasteiger partial charge in [-0.05, 0) is 31.1 Å². The predicted molar refractivity (Wildman–Crippen MR) is 72.4 cm³/mol. The number of guanidine groups is 1. The summed E-state index contributed by atoms with van der Waals surface area (Å²) in [6.45, 7) is 5.04. The first-order valence-electron chi connectivity index (χ1n) is 6.70. The number of nitrogens with one attached hydrogen (secondary N) is 2. The predicted octanol–water partition coefficient (Wildman–Crippen LogP) is 1.77. The maximum Gasteiger partial charge on any atom is 0.190 e. The molecule has 0 aliphatic heterocycles. The van der Waals surface area contributed by atoms with E-state index in [1.54, 1.807) is 7.11 Å². The van der Waals surface area contributed by atoms with Crippen molar-refractivity contribution >= 4 is 5.96 Å². The van der Waals surface area contributed by atoms with Crippen LogP contribution in [0.5, 0.6) is 0 Å². The van der Waals surface area contributed by atoms with E-state index in [1.807, 2.05) is 7.05 Å². The summed E-state index contributed by atoms with van der Waals surface area (Å²) in [7, 11) is 3.56. The zero-order chi connectivity index (χ0) is 12.6. The molecular formula is C13H27N3O. The van der Waals surface area contributed by atoms with Crippen LogP contribution in [0.2, 0.25) is 0 Å². The Kier molecular flexibility index (Phi) is 6.34. The van der Waals surface area contributed by atoms with Crippen molar-refractivity contribution in [3.8, 4) is 0 Å². The van der Waals surface area contributed by atoms with Crippen molar-refractivity contribution in [2.24, 2.45) is 10.4 Å². The van der Waals surface area contributed by atoms with Crippen LogP contribution in [0.4, 0.5) is 0 Å². The van der Waals surface area contributed by atoms with Gasteiger partial charge in [0.1, 0.15) is 0 Å². The molecule has 0 aromatic rings. The first kappa shape index (κ1) is 14.3. The Morgan fingerprint density at radius 2 is 2.12 bits per heavy atom. The van der Waals surface area contributed by atoms with E-state index in [-0.39, 0.29) is 0 Å². The van der Waals surface area contributed by atoms with Crippen molar-refractivity contribution in [1.82, 2.24) is 10.6 Å². The van der Waals surface area contributed by atoms with Crippen LogP contribution in [0.1, 0.15) is 39.0 Å². The van der Waals surface area contributed by atoms with Crippen molar-refractivity contribution in [1.29, 1.82) is 0 Å². The molecule has 1 rings (SSSR count). The maximum atomic E-state index is 5.02. The molecule has 2 N–H and O–H groups in total. The van der Waals surface area contributed by atoms with Gasteiger partial charge in [0.05, 0.1) is 0 Å². The fourth-order valence-corrected chi connectivity index (χ4v) is 2.25. The summed E-state index contributed by atoms with van der Waals surface area (Å²) >= 11 is 0. The number of rotatable bonds is 7. The molecule has 0 heterocycles. The Balaban J connectivity index is 2.18. The molecule has 17 heavy (non-hydrogen) atoms. The van der Waals surface area contributed by atoms with Gasteiger partial charge in [-0.3, -0.25) is 4.99 Å². The quantitative estimate of drug-likeness (QED) is 0.406. The van der Waals surface area contributed by atoms with Gasteiger partial charge in [-0.15, -0.1) is 0 Å². The molecule has 0 aromatic heterocycles. The molecule has 4 nitrogen and oxygen atoms in total. The van der Waals surface area contributed by atoms with Gasteiger partial charge < -0.3 is 15.4 Å². The van der Waals surface area contributed by atoms with Crippen LogP contribution in [0.3, 0.4) is 0 Å². The molecular weight excluding hydrogens is 214 g/mol. The highest BCUT2D eigenvalue weighted by Crippen LogP contribution is 2.42. The zero-order valence-corrected chi connectivity index (χ0v) is 11.5. The van der Waals surface area contributed by atoms with Gasteiger partial charge in [-0.1, -0.05) is 13.3 Å². The van der Waals surface area contributed by atoms with E-state index < -0.39 is 0 Å². The standard InChI is InChI=1S/C13H27N3O/c1-4-13(7-5-8-13)11-16-12(14-2)15-9-6-10-17-3/h4-11H2,1-3H3,(H2,14,15,16). The molecule has 0 atom stereocenters. The van der Waals surface area contributed by atoms with Crippen molar-refractivity contribution in [3.05, 3.63) is 0 Å². The average Bonchev–Trinajstić information content (AvgIpc) is 2.31. The molecule has 1 saturated carbocycles. The van der Waals surface area contributed by atoms with Crippen LogP contribution in [0.25, 0.3) is 0 Å². The first-order chi connectivity index (χ1) is 8.26. The average molecular weight is 241 g/mol. The molecule has 0 spiro atoms. The molecule has 1 aliphatic carbocycles. The van der Waals surface area contributed by atoms with Crippen molar-refractivity contribution in [2.45, 2.75) is 39.0 Å². The summed E-state index contributed by atoms with van der Waals surface area (Å²) in [5.41, 5.74) is 0.532. The molecule has 0 saturated heterocycles. The summed E-state index contributed by atoms with van der Waals surface area (Å²) in [4.78, 5) is 4.24. The summed E-state index contributed by atoms with van der Waals surface area (Å²) in [5, 5.41) is 6.75. The Bertz CT molecular complexity index is 231. The lowest BCUT2D eigenvalue weighted by molar-refractivity contribution is 0.131. The zero-order valence-electron chi connectivity index (χ0n) is 11.5. The summed E-state index contributed by atoms with van der Waals surface area (Å²) in [5.74, 6) is 0.917. The number of nitrogens with zero attached hydrogens (tertiary/aromatic N) is 1. The SMILES string of the molecule is CCC1(CNC(=NC)NCCCOC)CCC1. The van der Waals surface area contributed by atoms with Crippen LogP contribution in [0, 0.1) is 5.41 Å². The van der Waals surface area contributed by atoms with E-state index >= 15 is 0 Å². The second-order valence-corrected chi connectivity index (χ2v) is 4.91. The lowest BCUT2D eigenvalue weighted by Gasteiger charge is -2.41. The fraction of sp³-hybridized carbons (Fsp3) is 0.923. The molecule has 1 aliphatic rings. The van der Waals surface area contributed by atoms with E-state index in [9.17, 15) is 0 Å². The lowest BCUT2D eigenvalue weighted by Crippen LogP contribution is -2.46. The molecule has 4 heteroatoms. The van der Waals surface area contributed by atoms with E-state index in [0.717, 1.165) is 32.1 Å². The molecule has 0 radical (unpaired) electrons. The van der Waals surface area contributed by atoms with Crippen molar-refractivity contribution in [3.63, 3.8) is 0 Å². The van der Waals surface area contributed by atoms with E-state index in [1.165, 1.54) is 25.7 Å². The van der Waals surface area contributed by atoms with Crippen LogP contribution in [-0.4, -0.2) is 39.8 Å². The van der Waals surface area contributed by atoms with Crippen LogP contribution >= 0.6 is 0 Å². The molecule has 0 amide bonds. The highest BCUT2D eigenvalue weighted by molar-refractivity contribution is 5.79. The monoisotopic (exact) mass is 241 g/mol. The fourth-order valence-electron chi connectivity index (χ4n) is 2.25. The summed E-state index contributed by atoms with van der Waals surface area (Å²) in [6.07, 6.45) is 6.38. The molecule has 1 fully saturated rings. The van der Waals surface area contributed by atoms with Gasteiger partial charge in [0, 0.05) is 33.9 Å². The minimum atomic E-state index is 0.532. The van der Waals surface area contributed by atoms with Crippen molar-refractivity contribution in [2.75, 3.05) is 33.9 Å². The largest absolute Gasteiger partial charge is 0.385 e. The van der Waals surface area contributed by atoms with Crippen LogP contribution in [-0.2, 0) is 4.74 Å². The Morgan fingerprint density at radius 1 is 1.35 bits per heavy atom. The minimum Gasteiger partial charge on any atom is -0.385 e. The Morgan fingerprint density at radius 3 is 2.59 bits per heavy atom. The van der Waals surface area contributed by atoms with Gasteiger partial charge in [-0.25, -0.2) is 0 Å². The van der Waals surface area contributed by atoms with Gasteiger partial charge >= 0.3 is 0 Å². The normalized spacial score (nSPS) is 18.6. The van der Waals surface area contributed by atoms with E-state index in [0.29, 0.717) is 5.41 Å². The summed E-state index contributed by atoms with van der Waals surface area (Å²) in [6, 6.07) is 0. The highest BCUT2D eigenvalue weighted by Gasteiger charge is 2.34. The molecule has 100 valence electrons. The second kappa shape index (κ2) is 7.54. The Hall–Kier alpha value is -0.770. The number of hydrogen-bond donors (Lipinski definition) is 2. The minimum absolute atomic E-state index is 0.532. The summed E-state index contributed by atoms with van der Waals surface area (Å²) < 4.78 is 5.02. The van der Waals surface area contributed by atoms with Crippen LogP contribution < -0.4 is 10.6 Å². The van der Waals surface area contributed by atoms with Gasteiger partial charge in [0.2, 0.25) is 0 Å². The smallest absolute Gasteiger partial charge is 0.190 e. The van der Waals surface area contributed by atoms with Crippen LogP contribution in [0.15, 0.2) is 4.99 Å². The molecule has 0 bridgehead atoms. The van der Waals surface area contributed by atoms with E-state index in [4.69, 9.17) is 4.74 Å². The molecule has 0 unspecified atom stereocenters. The highest BCUT2D eigenvalue weighted by atomic mass is 16.5. The third-order valence-corrected chi connectivity index (χ3v) is 3.84. The topological polar surface area (TPSA) is 45.7 Å². The van der Waals surface area contributed by atoms with E-state index in [2.05, 4.69) is 22.5 Å². The van der Waals surface area contributed by atoms with Gasteiger partial charge in [0.25, 0.3) is 0 Å². The van der Waals surface area contributed by atoms with Gasteiger partial charge in [0.15, 0.2) is 5.96 Å². The second-order valence-electron chi connectivity index (χ2n) is 4.91. The molecule has 0 aromatic carbocycles. The number of methoxy groups -OCH3 is 1. The number of ether oxygens (including phenoxy) is 1. The maximum absolute atomic E-state index is 5.02. The third-order valence-electron chi connectivity index (χ3n) is 3.84. The third kappa shape index (κ3) is 4.54.